The van der Waals surface area contributed by atoms with Crippen molar-refractivity contribution in [1.82, 2.24) is 4.90 Å². The number of ketones is 1. The Labute approximate surface area is 90.8 Å². The van der Waals surface area contributed by atoms with Crippen molar-refractivity contribution in [2.24, 2.45) is 0 Å². The number of likely N-dealkylation sites (tertiary alicyclic amines) is 1. The fourth-order valence-electron chi connectivity index (χ4n) is 2.55. The Morgan fingerprint density at radius 1 is 1.33 bits per heavy atom. The van der Waals surface area contributed by atoms with Gasteiger partial charge in [0.1, 0.15) is 0 Å². The molecule has 1 saturated heterocycles. The van der Waals surface area contributed by atoms with Crippen LogP contribution in [-0.2, 0) is 4.79 Å². The molecule has 0 aromatic carbocycles. The first-order chi connectivity index (χ1) is 7.31. The molecule has 1 heterocycles. The summed E-state index contributed by atoms with van der Waals surface area (Å²) in [5, 5.41) is 9.36. The van der Waals surface area contributed by atoms with Crippen molar-refractivity contribution in [2.75, 3.05) is 13.2 Å². The third kappa shape index (κ3) is 2.40. The molecule has 1 atom stereocenters. The Hall–Kier alpha value is -0.830. The average molecular weight is 209 g/mol. The molecule has 0 saturated carbocycles. The minimum atomic E-state index is 0.214. The van der Waals surface area contributed by atoms with Crippen LogP contribution in [0, 0.1) is 0 Å². The highest BCUT2D eigenvalue weighted by molar-refractivity contribution is 5.92. The van der Waals surface area contributed by atoms with Crippen LogP contribution in [-0.4, -0.2) is 35.0 Å². The standard InChI is InChI=1S/C12H19NO2/c14-9-11-4-2-1-3-7-13(11)10-5-6-12(15)8-10/h8,11,14H,1-7,9H2. The van der Waals surface area contributed by atoms with E-state index in [-0.39, 0.29) is 18.4 Å². The van der Waals surface area contributed by atoms with Crippen LogP contribution in [0.25, 0.3) is 0 Å². The maximum Gasteiger partial charge on any atom is 0.157 e. The number of hydrogen-bond donors (Lipinski definition) is 1. The fraction of sp³-hybridized carbons (Fsp3) is 0.750. The van der Waals surface area contributed by atoms with Gasteiger partial charge in [0.25, 0.3) is 0 Å². The predicted octanol–water partition coefficient (Wildman–Crippen LogP) is 1.47. The topological polar surface area (TPSA) is 40.5 Å². The molecular formula is C12H19NO2. The number of aliphatic hydroxyl groups excluding tert-OH is 1. The second-order valence-corrected chi connectivity index (χ2v) is 4.48. The van der Waals surface area contributed by atoms with Crippen molar-refractivity contribution >= 4 is 5.78 Å². The van der Waals surface area contributed by atoms with Crippen molar-refractivity contribution in [1.29, 1.82) is 0 Å². The normalized spacial score (nSPS) is 27.8. The van der Waals surface area contributed by atoms with E-state index < -0.39 is 0 Å². The molecule has 0 amide bonds. The lowest BCUT2D eigenvalue weighted by Gasteiger charge is -2.31. The summed E-state index contributed by atoms with van der Waals surface area (Å²) in [5.74, 6) is 0.242. The molecule has 0 radical (unpaired) electrons. The smallest absolute Gasteiger partial charge is 0.157 e. The molecule has 2 rings (SSSR count). The van der Waals surface area contributed by atoms with Crippen LogP contribution in [0.4, 0.5) is 0 Å². The third-order valence-electron chi connectivity index (χ3n) is 3.41. The first kappa shape index (κ1) is 10.7. The van der Waals surface area contributed by atoms with Crippen LogP contribution in [0.2, 0.25) is 0 Å². The van der Waals surface area contributed by atoms with Crippen LogP contribution in [0.1, 0.15) is 38.5 Å². The highest BCUT2D eigenvalue weighted by atomic mass is 16.3. The molecule has 84 valence electrons. The molecule has 1 aliphatic carbocycles. The van der Waals surface area contributed by atoms with Gasteiger partial charge in [-0.2, -0.15) is 0 Å². The molecule has 3 heteroatoms. The van der Waals surface area contributed by atoms with Crippen LogP contribution < -0.4 is 0 Å². The van der Waals surface area contributed by atoms with Gasteiger partial charge in [0, 0.05) is 24.7 Å². The van der Waals surface area contributed by atoms with Gasteiger partial charge in [-0.3, -0.25) is 4.79 Å². The molecule has 0 bridgehead atoms. The summed E-state index contributed by atoms with van der Waals surface area (Å²) in [6.45, 7) is 1.22. The largest absolute Gasteiger partial charge is 0.394 e. The van der Waals surface area contributed by atoms with Gasteiger partial charge in [0.05, 0.1) is 12.6 Å². The summed E-state index contributed by atoms with van der Waals surface area (Å²) in [5.41, 5.74) is 1.15. The van der Waals surface area contributed by atoms with Crippen molar-refractivity contribution in [3.8, 4) is 0 Å². The van der Waals surface area contributed by atoms with Crippen molar-refractivity contribution in [3.63, 3.8) is 0 Å². The fourth-order valence-corrected chi connectivity index (χ4v) is 2.55. The number of rotatable bonds is 2. The maximum atomic E-state index is 11.2. The summed E-state index contributed by atoms with van der Waals surface area (Å²) in [6.07, 6.45) is 7.98. The summed E-state index contributed by atoms with van der Waals surface area (Å²) < 4.78 is 0. The number of aliphatic hydroxyl groups is 1. The van der Waals surface area contributed by atoms with Crippen LogP contribution in [0.3, 0.4) is 0 Å². The average Bonchev–Trinajstić information content (AvgIpc) is 2.54. The third-order valence-corrected chi connectivity index (χ3v) is 3.41. The Bertz CT molecular complexity index is 273. The van der Waals surface area contributed by atoms with Crippen molar-refractivity contribution in [3.05, 3.63) is 11.8 Å². The number of allylic oxidation sites excluding steroid dienone is 2. The van der Waals surface area contributed by atoms with Gasteiger partial charge in [0.15, 0.2) is 5.78 Å². The summed E-state index contributed by atoms with van der Waals surface area (Å²) in [6, 6.07) is 0.240. The van der Waals surface area contributed by atoms with Gasteiger partial charge in [0.2, 0.25) is 0 Å². The van der Waals surface area contributed by atoms with Gasteiger partial charge in [-0.1, -0.05) is 12.8 Å². The molecular weight excluding hydrogens is 190 g/mol. The van der Waals surface area contributed by atoms with E-state index in [0.29, 0.717) is 6.42 Å². The van der Waals surface area contributed by atoms with Crippen LogP contribution in [0.15, 0.2) is 11.8 Å². The van der Waals surface area contributed by atoms with E-state index in [2.05, 4.69) is 4.90 Å². The molecule has 1 aliphatic heterocycles. The highest BCUT2D eigenvalue weighted by Gasteiger charge is 2.25. The minimum absolute atomic E-state index is 0.214. The molecule has 0 aromatic rings. The number of carbonyl (C=O) groups is 1. The van der Waals surface area contributed by atoms with E-state index in [9.17, 15) is 9.90 Å². The first-order valence-electron chi connectivity index (χ1n) is 5.92. The van der Waals surface area contributed by atoms with Gasteiger partial charge >= 0.3 is 0 Å². The zero-order valence-corrected chi connectivity index (χ0v) is 9.11. The molecule has 1 N–H and O–H groups in total. The van der Waals surface area contributed by atoms with Crippen LogP contribution in [0.5, 0.6) is 0 Å². The summed E-state index contributed by atoms with van der Waals surface area (Å²) in [4.78, 5) is 13.5. The first-order valence-corrected chi connectivity index (χ1v) is 5.92. The lowest BCUT2D eigenvalue weighted by molar-refractivity contribution is -0.114. The Balaban J connectivity index is 2.09. The second kappa shape index (κ2) is 4.79. The van der Waals surface area contributed by atoms with E-state index in [1.807, 2.05) is 0 Å². The van der Waals surface area contributed by atoms with E-state index in [0.717, 1.165) is 25.1 Å². The molecule has 0 spiro atoms. The van der Waals surface area contributed by atoms with Gasteiger partial charge < -0.3 is 10.0 Å². The Morgan fingerprint density at radius 2 is 2.20 bits per heavy atom. The molecule has 1 unspecified atom stereocenters. The van der Waals surface area contributed by atoms with E-state index >= 15 is 0 Å². The number of nitrogens with zero attached hydrogens (tertiary/aromatic N) is 1. The molecule has 1 fully saturated rings. The lowest BCUT2D eigenvalue weighted by Crippen LogP contribution is -2.36. The van der Waals surface area contributed by atoms with Gasteiger partial charge in [-0.05, 0) is 19.3 Å². The number of carbonyl (C=O) groups excluding carboxylic acids is 1. The van der Waals surface area contributed by atoms with Crippen LogP contribution >= 0.6 is 0 Å². The quantitative estimate of drug-likeness (QED) is 0.748. The second-order valence-electron chi connectivity index (χ2n) is 4.48. The van der Waals surface area contributed by atoms with E-state index in [1.165, 1.54) is 19.3 Å². The Morgan fingerprint density at radius 3 is 2.87 bits per heavy atom. The highest BCUT2D eigenvalue weighted by Crippen LogP contribution is 2.26. The van der Waals surface area contributed by atoms with Crippen molar-refractivity contribution in [2.45, 2.75) is 44.6 Å². The zero-order valence-electron chi connectivity index (χ0n) is 9.11. The summed E-state index contributed by atoms with van der Waals surface area (Å²) >= 11 is 0. The van der Waals surface area contributed by atoms with E-state index in [4.69, 9.17) is 0 Å². The maximum absolute atomic E-state index is 11.2. The monoisotopic (exact) mass is 209 g/mol. The number of hydrogen-bond acceptors (Lipinski definition) is 3. The SMILES string of the molecule is O=C1C=C(N2CCCCCC2CO)CC1. The molecule has 0 aromatic heterocycles. The van der Waals surface area contributed by atoms with Gasteiger partial charge in [-0.25, -0.2) is 0 Å². The lowest BCUT2D eigenvalue weighted by atomic mass is 10.1. The zero-order chi connectivity index (χ0) is 10.7. The van der Waals surface area contributed by atoms with Gasteiger partial charge in [-0.15, -0.1) is 0 Å². The minimum Gasteiger partial charge on any atom is -0.394 e. The van der Waals surface area contributed by atoms with Crippen molar-refractivity contribution < 1.29 is 9.90 Å². The molecule has 3 nitrogen and oxygen atoms in total. The van der Waals surface area contributed by atoms with E-state index in [1.54, 1.807) is 6.08 Å². The Kier molecular flexibility index (Phi) is 3.41. The molecule has 2 aliphatic rings. The summed E-state index contributed by atoms with van der Waals surface area (Å²) in [7, 11) is 0. The predicted molar refractivity (Wildman–Crippen MR) is 58.4 cm³/mol. The molecule has 15 heavy (non-hydrogen) atoms.